The summed E-state index contributed by atoms with van der Waals surface area (Å²) < 4.78 is 28.0. The predicted molar refractivity (Wildman–Crippen MR) is 100 cm³/mol. The van der Waals surface area contributed by atoms with Crippen molar-refractivity contribution in [2.75, 3.05) is 11.1 Å². The van der Waals surface area contributed by atoms with Crippen LogP contribution in [0.2, 0.25) is 0 Å². The van der Waals surface area contributed by atoms with Crippen LogP contribution in [0.25, 0.3) is 6.08 Å². The summed E-state index contributed by atoms with van der Waals surface area (Å²) >= 11 is 0.759. The van der Waals surface area contributed by atoms with Crippen molar-refractivity contribution in [3.63, 3.8) is 0 Å². The smallest absolute Gasteiger partial charge is 0.268 e. The van der Waals surface area contributed by atoms with Gasteiger partial charge in [0.15, 0.2) is 0 Å². The molecule has 2 aromatic rings. The third-order valence-corrected chi connectivity index (χ3v) is 5.80. The Hall–Kier alpha value is -2.57. The van der Waals surface area contributed by atoms with E-state index in [4.69, 9.17) is 0 Å². The molecule has 0 radical (unpaired) electrons. The van der Waals surface area contributed by atoms with E-state index in [1.165, 1.54) is 6.08 Å². The molecule has 0 atom stereocenters. The summed E-state index contributed by atoms with van der Waals surface area (Å²) in [4.78, 5) is 16.1. The standard InChI is InChI=1S/C17H18N4O3S2/c1-11(2)10-26(23,24)17-20-16(25-21-17)19-15(22)14(9-18)8-13-6-4-12(3)5-7-13/h4-8,11H,10H2,1-3H3,(H,19,20,21,22). The number of benzene rings is 1. The number of nitriles is 1. The van der Waals surface area contributed by atoms with Crippen molar-refractivity contribution in [3.05, 3.63) is 41.0 Å². The molecular formula is C17H18N4O3S2. The normalized spacial score (nSPS) is 12.0. The SMILES string of the molecule is Cc1ccc(C=C(C#N)C(=O)Nc2nc(S(=O)(=O)CC(C)C)ns2)cc1. The molecule has 0 aliphatic heterocycles. The predicted octanol–water partition coefficient (Wildman–Crippen LogP) is 2.82. The maximum absolute atomic E-state index is 12.2. The number of nitrogens with one attached hydrogen (secondary N) is 1. The lowest BCUT2D eigenvalue weighted by Crippen LogP contribution is -2.15. The number of carbonyl (C=O) groups is 1. The first-order valence-electron chi connectivity index (χ1n) is 7.77. The minimum absolute atomic E-state index is 0.0300. The zero-order chi connectivity index (χ0) is 19.3. The number of nitrogens with zero attached hydrogens (tertiary/aromatic N) is 3. The lowest BCUT2D eigenvalue weighted by Gasteiger charge is -2.02. The van der Waals surface area contributed by atoms with Crippen molar-refractivity contribution >= 4 is 38.5 Å². The highest BCUT2D eigenvalue weighted by molar-refractivity contribution is 7.91. The molecule has 1 aromatic carbocycles. The molecule has 1 aromatic heterocycles. The number of sulfone groups is 1. The number of hydrogen-bond acceptors (Lipinski definition) is 7. The van der Waals surface area contributed by atoms with E-state index >= 15 is 0 Å². The second kappa shape index (κ2) is 8.21. The quantitative estimate of drug-likeness (QED) is 0.599. The van der Waals surface area contributed by atoms with Gasteiger partial charge in [-0.1, -0.05) is 43.7 Å². The van der Waals surface area contributed by atoms with E-state index < -0.39 is 15.7 Å². The molecule has 1 amide bonds. The zero-order valence-corrected chi connectivity index (χ0v) is 16.2. The number of hydrogen-bond donors (Lipinski definition) is 1. The van der Waals surface area contributed by atoms with Crippen LogP contribution in [-0.4, -0.2) is 29.4 Å². The third-order valence-electron chi connectivity index (χ3n) is 3.21. The summed E-state index contributed by atoms with van der Waals surface area (Å²) in [6.07, 6.45) is 1.45. The number of rotatable bonds is 6. The first-order valence-corrected chi connectivity index (χ1v) is 10.2. The van der Waals surface area contributed by atoms with Gasteiger partial charge in [-0.2, -0.15) is 14.6 Å². The molecule has 7 nitrogen and oxygen atoms in total. The van der Waals surface area contributed by atoms with Crippen LogP contribution in [0.15, 0.2) is 35.0 Å². The fourth-order valence-corrected chi connectivity index (χ4v) is 4.39. The molecule has 0 unspecified atom stereocenters. The van der Waals surface area contributed by atoms with E-state index in [1.54, 1.807) is 26.0 Å². The Morgan fingerprint density at radius 2 is 2.00 bits per heavy atom. The minimum Gasteiger partial charge on any atom is -0.296 e. The molecular weight excluding hydrogens is 372 g/mol. The van der Waals surface area contributed by atoms with Gasteiger partial charge in [0.25, 0.3) is 11.1 Å². The van der Waals surface area contributed by atoms with Crippen LogP contribution >= 0.6 is 11.5 Å². The molecule has 0 aliphatic carbocycles. The molecule has 0 saturated carbocycles. The Bertz CT molecular complexity index is 968. The number of aromatic nitrogens is 2. The van der Waals surface area contributed by atoms with Crippen molar-refractivity contribution in [1.82, 2.24) is 9.36 Å². The van der Waals surface area contributed by atoms with Gasteiger partial charge in [-0.3, -0.25) is 10.1 Å². The molecule has 2 rings (SSSR count). The summed E-state index contributed by atoms with van der Waals surface area (Å²) in [6.45, 7) is 5.50. The van der Waals surface area contributed by atoms with E-state index in [9.17, 15) is 18.5 Å². The van der Waals surface area contributed by atoms with E-state index in [1.807, 2.05) is 25.1 Å². The summed E-state index contributed by atoms with van der Waals surface area (Å²) in [7, 11) is -3.60. The number of amides is 1. The second-order valence-electron chi connectivity index (χ2n) is 6.09. The fourth-order valence-electron chi connectivity index (χ4n) is 2.04. The van der Waals surface area contributed by atoms with Crippen molar-refractivity contribution in [3.8, 4) is 6.07 Å². The van der Waals surface area contributed by atoms with Gasteiger partial charge in [0.2, 0.25) is 15.0 Å². The third kappa shape index (κ3) is 5.21. The molecule has 136 valence electrons. The Balaban J connectivity index is 2.16. The van der Waals surface area contributed by atoms with Crippen LogP contribution in [-0.2, 0) is 14.6 Å². The van der Waals surface area contributed by atoms with E-state index in [2.05, 4.69) is 14.7 Å². The van der Waals surface area contributed by atoms with Crippen LogP contribution in [0, 0.1) is 24.2 Å². The highest BCUT2D eigenvalue weighted by atomic mass is 32.2. The highest BCUT2D eigenvalue weighted by Gasteiger charge is 2.23. The molecule has 9 heteroatoms. The average Bonchev–Trinajstić information content (AvgIpc) is 3.02. The zero-order valence-electron chi connectivity index (χ0n) is 14.6. The maximum atomic E-state index is 12.2. The Labute approximate surface area is 156 Å². The van der Waals surface area contributed by atoms with Crippen LogP contribution in [0.4, 0.5) is 5.13 Å². The van der Waals surface area contributed by atoms with Crippen molar-refractivity contribution < 1.29 is 13.2 Å². The molecule has 0 saturated heterocycles. The largest absolute Gasteiger partial charge is 0.296 e. The van der Waals surface area contributed by atoms with Gasteiger partial charge >= 0.3 is 0 Å². The first kappa shape index (κ1) is 19.8. The van der Waals surface area contributed by atoms with Crippen LogP contribution < -0.4 is 5.32 Å². The molecule has 26 heavy (non-hydrogen) atoms. The van der Waals surface area contributed by atoms with Gasteiger partial charge in [0.1, 0.15) is 11.6 Å². The summed E-state index contributed by atoms with van der Waals surface area (Å²) in [5.41, 5.74) is 1.66. The van der Waals surface area contributed by atoms with E-state index in [-0.39, 0.29) is 27.5 Å². The molecule has 0 fully saturated rings. The van der Waals surface area contributed by atoms with Crippen LogP contribution in [0.3, 0.4) is 0 Å². The highest BCUT2D eigenvalue weighted by Crippen LogP contribution is 2.18. The Morgan fingerprint density at radius 1 is 1.35 bits per heavy atom. The number of carbonyl (C=O) groups excluding carboxylic acids is 1. The van der Waals surface area contributed by atoms with E-state index in [0.29, 0.717) is 5.56 Å². The topological polar surface area (TPSA) is 113 Å². The number of aryl methyl sites for hydroxylation is 1. The van der Waals surface area contributed by atoms with Crippen molar-refractivity contribution in [1.29, 1.82) is 5.26 Å². The van der Waals surface area contributed by atoms with Gasteiger partial charge in [-0.15, -0.1) is 0 Å². The van der Waals surface area contributed by atoms with Gasteiger partial charge < -0.3 is 0 Å². The van der Waals surface area contributed by atoms with Crippen LogP contribution in [0.1, 0.15) is 25.0 Å². The van der Waals surface area contributed by atoms with Gasteiger partial charge in [-0.25, -0.2) is 8.42 Å². The van der Waals surface area contributed by atoms with Gasteiger partial charge in [0, 0.05) is 11.5 Å². The first-order chi connectivity index (χ1) is 12.2. The summed E-state index contributed by atoms with van der Waals surface area (Å²) in [5.74, 6) is -0.810. The Morgan fingerprint density at radius 3 is 2.58 bits per heavy atom. The second-order valence-corrected chi connectivity index (χ2v) is 8.77. The maximum Gasteiger partial charge on any atom is 0.268 e. The molecule has 0 bridgehead atoms. The molecule has 0 aliphatic rings. The van der Waals surface area contributed by atoms with Gasteiger partial charge in [0.05, 0.1) is 5.75 Å². The van der Waals surface area contributed by atoms with E-state index in [0.717, 1.165) is 17.1 Å². The van der Waals surface area contributed by atoms with Crippen molar-refractivity contribution in [2.45, 2.75) is 25.9 Å². The molecule has 1 N–H and O–H groups in total. The lowest BCUT2D eigenvalue weighted by molar-refractivity contribution is -0.112. The van der Waals surface area contributed by atoms with Crippen LogP contribution in [0.5, 0.6) is 0 Å². The van der Waals surface area contributed by atoms with Crippen molar-refractivity contribution in [2.24, 2.45) is 5.92 Å². The lowest BCUT2D eigenvalue weighted by atomic mass is 10.1. The summed E-state index contributed by atoms with van der Waals surface area (Å²) in [6, 6.07) is 9.16. The monoisotopic (exact) mass is 390 g/mol. The molecule has 0 spiro atoms. The summed E-state index contributed by atoms with van der Waals surface area (Å²) in [5, 5.41) is 11.4. The van der Waals surface area contributed by atoms with Gasteiger partial charge in [-0.05, 0) is 24.5 Å². The average molecular weight is 390 g/mol. The molecule has 1 heterocycles. The number of anilines is 1. The fraction of sp³-hybridized carbons (Fsp3) is 0.294. The minimum atomic E-state index is -3.60. The Kier molecular flexibility index (Phi) is 6.23.